The van der Waals surface area contributed by atoms with E-state index in [-0.39, 0.29) is 6.61 Å². The van der Waals surface area contributed by atoms with E-state index in [0.717, 1.165) is 5.56 Å². The van der Waals surface area contributed by atoms with Gasteiger partial charge in [-0.1, -0.05) is 36.4 Å². The molecule has 1 amide bonds. The average molecular weight is 356 g/mol. The van der Waals surface area contributed by atoms with Crippen molar-refractivity contribution in [3.63, 3.8) is 0 Å². The third-order valence-electron chi connectivity index (χ3n) is 4.51. The van der Waals surface area contributed by atoms with E-state index in [0.29, 0.717) is 23.4 Å². The first-order valence-electron chi connectivity index (χ1n) is 8.60. The Kier molecular flexibility index (Phi) is 5.04. The molecule has 6 heteroatoms. The molecule has 0 radical (unpaired) electrons. The number of hydrogen-bond donors (Lipinski definition) is 3. The van der Waals surface area contributed by atoms with Crippen molar-refractivity contribution in [3.8, 4) is 5.75 Å². The highest BCUT2D eigenvalue weighted by Gasteiger charge is 2.43. The zero-order chi connectivity index (χ0) is 18.7. The summed E-state index contributed by atoms with van der Waals surface area (Å²) in [6.45, 7) is 3.78. The number of nitrogens with one attached hydrogen (secondary N) is 1. The number of carbonyl (C=O) groups is 1. The van der Waals surface area contributed by atoms with Crippen LogP contribution in [0.15, 0.2) is 48.5 Å². The van der Waals surface area contributed by atoms with E-state index in [1.54, 1.807) is 32.0 Å². The number of amides is 1. The van der Waals surface area contributed by atoms with Crippen LogP contribution in [-0.2, 0) is 11.2 Å². The molecule has 138 valence electrons. The van der Waals surface area contributed by atoms with Gasteiger partial charge < -0.3 is 25.6 Å². The summed E-state index contributed by atoms with van der Waals surface area (Å²) in [4.78, 5) is 12.2. The fourth-order valence-corrected chi connectivity index (χ4v) is 3.04. The van der Waals surface area contributed by atoms with Crippen molar-refractivity contribution >= 4 is 11.8 Å². The highest BCUT2D eigenvalue weighted by atomic mass is 16.5. The molecular formula is C20H24N2O4. The highest BCUT2D eigenvalue weighted by Crippen LogP contribution is 2.40. The minimum atomic E-state index is -0.930. The molecule has 2 atom stereocenters. The fourth-order valence-electron chi connectivity index (χ4n) is 3.04. The number of aliphatic hydroxyl groups is 1. The van der Waals surface area contributed by atoms with Crippen molar-refractivity contribution in [2.45, 2.75) is 38.0 Å². The number of ether oxygens (including phenoxy) is 2. The third-order valence-corrected chi connectivity index (χ3v) is 4.51. The SMILES string of the molecule is CC1(C)Oc2cc(N)ccc2C(NC(=O)OCCc2ccccc2)C1O. The van der Waals surface area contributed by atoms with Crippen LogP contribution in [0.25, 0.3) is 0 Å². The van der Waals surface area contributed by atoms with Crippen LogP contribution in [-0.4, -0.2) is 29.5 Å². The van der Waals surface area contributed by atoms with E-state index in [9.17, 15) is 9.90 Å². The minimum Gasteiger partial charge on any atom is -0.485 e. The molecule has 2 aromatic carbocycles. The first-order chi connectivity index (χ1) is 12.4. The van der Waals surface area contributed by atoms with E-state index < -0.39 is 23.8 Å². The van der Waals surface area contributed by atoms with Crippen LogP contribution in [0.3, 0.4) is 0 Å². The number of aliphatic hydroxyl groups excluding tert-OH is 1. The molecule has 1 aliphatic heterocycles. The molecular weight excluding hydrogens is 332 g/mol. The largest absolute Gasteiger partial charge is 0.485 e. The van der Waals surface area contributed by atoms with Crippen LogP contribution in [0.2, 0.25) is 0 Å². The number of benzene rings is 2. The lowest BCUT2D eigenvalue weighted by Crippen LogP contribution is -2.53. The zero-order valence-electron chi connectivity index (χ0n) is 14.9. The number of carbonyl (C=O) groups excluding carboxylic acids is 1. The Hall–Kier alpha value is -2.73. The van der Waals surface area contributed by atoms with Crippen molar-refractivity contribution in [3.05, 3.63) is 59.7 Å². The second-order valence-electron chi connectivity index (χ2n) is 6.94. The van der Waals surface area contributed by atoms with E-state index >= 15 is 0 Å². The zero-order valence-corrected chi connectivity index (χ0v) is 14.9. The molecule has 0 saturated heterocycles. The fraction of sp³-hybridized carbons (Fsp3) is 0.350. The lowest BCUT2D eigenvalue weighted by atomic mass is 9.86. The lowest BCUT2D eigenvalue weighted by Gasteiger charge is -2.42. The van der Waals surface area contributed by atoms with Crippen LogP contribution in [0.1, 0.15) is 31.0 Å². The Morgan fingerprint density at radius 1 is 1.27 bits per heavy atom. The number of fused-ring (bicyclic) bond motifs is 1. The van der Waals surface area contributed by atoms with Gasteiger partial charge in [0.05, 0.1) is 12.6 Å². The molecule has 2 aromatic rings. The van der Waals surface area contributed by atoms with Crippen molar-refractivity contribution in [1.82, 2.24) is 5.32 Å². The number of alkyl carbamates (subject to hydrolysis) is 1. The van der Waals surface area contributed by atoms with Crippen LogP contribution in [0.4, 0.5) is 10.5 Å². The summed E-state index contributed by atoms with van der Waals surface area (Å²) in [5.41, 5.74) is 7.27. The third kappa shape index (κ3) is 3.91. The van der Waals surface area contributed by atoms with Gasteiger partial charge in [-0.3, -0.25) is 0 Å². The van der Waals surface area contributed by atoms with Crippen molar-refractivity contribution < 1.29 is 19.4 Å². The normalized spacial score (nSPS) is 20.6. The molecule has 1 aliphatic rings. The predicted octanol–water partition coefficient (Wildman–Crippen LogP) is 2.81. The van der Waals surface area contributed by atoms with Crippen molar-refractivity contribution in [2.75, 3.05) is 12.3 Å². The van der Waals surface area contributed by atoms with Crippen LogP contribution < -0.4 is 15.8 Å². The predicted molar refractivity (Wildman–Crippen MR) is 98.9 cm³/mol. The Morgan fingerprint density at radius 2 is 2.00 bits per heavy atom. The smallest absolute Gasteiger partial charge is 0.407 e. The van der Waals surface area contributed by atoms with Crippen LogP contribution >= 0.6 is 0 Å². The maximum Gasteiger partial charge on any atom is 0.407 e. The van der Waals surface area contributed by atoms with Gasteiger partial charge in [-0.2, -0.15) is 0 Å². The van der Waals surface area contributed by atoms with E-state index in [2.05, 4.69) is 5.32 Å². The summed E-state index contributed by atoms with van der Waals surface area (Å²) in [5.74, 6) is 0.551. The monoisotopic (exact) mass is 356 g/mol. The van der Waals surface area contributed by atoms with Gasteiger partial charge in [0.25, 0.3) is 0 Å². The Bertz CT molecular complexity index is 777. The van der Waals surface area contributed by atoms with Crippen molar-refractivity contribution in [1.29, 1.82) is 0 Å². The van der Waals surface area contributed by atoms with E-state index in [4.69, 9.17) is 15.2 Å². The highest BCUT2D eigenvalue weighted by molar-refractivity contribution is 5.68. The quantitative estimate of drug-likeness (QED) is 0.733. The molecule has 0 saturated carbocycles. The first-order valence-corrected chi connectivity index (χ1v) is 8.60. The van der Waals surface area contributed by atoms with Crippen LogP contribution in [0.5, 0.6) is 5.75 Å². The topological polar surface area (TPSA) is 93.8 Å². The molecule has 0 bridgehead atoms. The number of nitrogens with two attached hydrogens (primary N) is 1. The molecule has 3 rings (SSSR count). The molecule has 4 N–H and O–H groups in total. The summed E-state index contributed by atoms with van der Waals surface area (Å²) in [7, 11) is 0. The van der Waals surface area contributed by atoms with Gasteiger partial charge in [-0.25, -0.2) is 4.79 Å². The summed E-state index contributed by atoms with van der Waals surface area (Å²) in [6, 6.07) is 14.3. The molecule has 0 spiro atoms. The minimum absolute atomic E-state index is 0.257. The van der Waals surface area contributed by atoms with Gasteiger partial charge in [0, 0.05) is 23.7 Å². The van der Waals surface area contributed by atoms with E-state index in [1.165, 1.54) is 0 Å². The molecule has 6 nitrogen and oxygen atoms in total. The van der Waals surface area contributed by atoms with Gasteiger partial charge in [0.2, 0.25) is 0 Å². The Morgan fingerprint density at radius 3 is 2.73 bits per heavy atom. The number of nitrogen functional groups attached to an aromatic ring is 1. The first kappa shape index (κ1) is 18.1. The van der Waals surface area contributed by atoms with Crippen LogP contribution in [0, 0.1) is 0 Å². The summed E-state index contributed by atoms with van der Waals surface area (Å²) < 4.78 is 11.1. The molecule has 0 aromatic heterocycles. The van der Waals surface area contributed by atoms with Gasteiger partial charge >= 0.3 is 6.09 Å². The molecule has 0 fully saturated rings. The number of rotatable bonds is 4. The molecule has 26 heavy (non-hydrogen) atoms. The number of hydrogen-bond acceptors (Lipinski definition) is 5. The second kappa shape index (κ2) is 7.25. The molecule has 0 aliphatic carbocycles. The Labute approximate surface area is 152 Å². The second-order valence-corrected chi connectivity index (χ2v) is 6.94. The average Bonchev–Trinajstić information content (AvgIpc) is 2.59. The molecule has 2 unspecified atom stereocenters. The van der Waals surface area contributed by atoms with Gasteiger partial charge in [-0.05, 0) is 25.5 Å². The standard InChI is InChI=1S/C20H24N2O4/c1-20(2)18(23)17(15-9-8-14(21)12-16(15)26-20)22-19(24)25-11-10-13-6-4-3-5-7-13/h3-9,12,17-18,23H,10-11,21H2,1-2H3,(H,22,24). The summed E-state index contributed by atoms with van der Waals surface area (Å²) >= 11 is 0. The maximum atomic E-state index is 12.2. The Balaban J connectivity index is 1.66. The maximum absolute atomic E-state index is 12.2. The van der Waals surface area contributed by atoms with Gasteiger partial charge in [0.1, 0.15) is 17.5 Å². The number of anilines is 1. The van der Waals surface area contributed by atoms with Crippen molar-refractivity contribution in [2.24, 2.45) is 0 Å². The van der Waals surface area contributed by atoms with Gasteiger partial charge in [-0.15, -0.1) is 0 Å². The lowest BCUT2D eigenvalue weighted by molar-refractivity contribution is -0.0636. The molecule has 1 heterocycles. The van der Waals surface area contributed by atoms with E-state index in [1.807, 2.05) is 30.3 Å². The van der Waals surface area contributed by atoms with Gasteiger partial charge in [0.15, 0.2) is 0 Å². The summed E-state index contributed by atoms with van der Waals surface area (Å²) in [5, 5.41) is 13.4. The summed E-state index contributed by atoms with van der Waals surface area (Å²) in [6.07, 6.45) is -0.880.